The Hall–Kier alpha value is -1.65. The van der Waals surface area contributed by atoms with E-state index in [1.165, 1.54) is 18.3 Å². The number of pyridine rings is 1. The standard InChI is InChI=1S/C12H9ClFNO2/c13-10-6-9(14)1-2-11(10)17-12-5-8(7-16)3-4-15-12/h1-6,16H,7H2. The Morgan fingerprint density at radius 2 is 2.12 bits per heavy atom. The number of hydrogen-bond acceptors (Lipinski definition) is 3. The van der Waals surface area contributed by atoms with Crippen molar-refractivity contribution in [3.63, 3.8) is 0 Å². The zero-order chi connectivity index (χ0) is 12.3. The van der Waals surface area contributed by atoms with Crippen molar-refractivity contribution in [1.82, 2.24) is 4.98 Å². The summed E-state index contributed by atoms with van der Waals surface area (Å²) in [4.78, 5) is 3.96. The van der Waals surface area contributed by atoms with E-state index < -0.39 is 5.82 Å². The second-order valence-corrected chi connectivity index (χ2v) is 3.74. The topological polar surface area (TPSA) is 42.4 Å². The second-order valence-electron chi connectivity index (χ2n) is 3.34. The molecule has 0 fully saturated rings. The number of ether oxygens (including phenoxy) is 1. The lowest BCUT2D eigenvalue weighted by Gasteiger charge is -2.07. The van der Waals surface area contributed by atoms with Crippen LogP contribution in [-0.2, 0) is 6.61 Å². The quantitative estimate of drug-likeness (QED) is 0.914. The molecule has 0 bridgehead atoms. The minimum atomic E-state index is -0.431. The van der Waals surface area contributed by atoms with Crippen molar-refractivity contribution in [2.24, 2.45) is 0 Å². The smallest absolute Gasteiger partial charge is 0.219 e. The monoisotopic (exact) mass is 253 g/mol. The number of nitrogens with zero attached hydrogens (tertiary/aromatic N) is 1. The van der Waals surface area contributed by atoms with Gasteiger partial charge in [-0.05, 0) is 29.8 Å². The SMILES string of the molecule is OCc1ccnc(Oc2ccc(F)cc2Cl)c1. The lowest BCUT2D eigenvalue weighted by Crippen LogP contribution is -1.91. The van der Waals surface area contributed by atoms with Gasteiger partial charge in [0.05, 0.1) is 11.6 Å². The average Bonchev–Trinajstić information content (AvgIpc) is 2.33. The number of aromatic nitrogens is 1. The van der Waals surface area contributed by atoms with E-state index in [-0.39, 0.29) is 11.6 Å². The zero-order valence-corrected chi connectivity index (χ0v) is 9.49. The lowest BCUT2D eigenvalue weighted by atomic mass is 10.3. The van der Waals surface area contributed by atoms with Crippen molar-refractivity contribution >= 4 is 11.6 Å². The first-order valence-corrected chi connectivity index (χ1v) is 5.25. The molecule has 5 heteroatoms. The van der Waals surface area contributed by atoms with Gasteiger partial charge < -0.3 is 9.84 Å². The maximum Gasteiger partial charge on any atom is 0.219 e. The molecule has 0 aliphatic heterocycles. The Balaban J connectivity index is 2.25. The third-order valence-corrected chi connectivity index (χ3v) is 2.39. The zero-order valence-electron chi connectivity index (χ0n) is 8.73. The maximum atomic E-state index is 12.8. The molecule has 2 aromatic rings. The highest BCUT2D eigenvalue weighted by atomic mass is 35.5. The van der Waals surface area contributed by atoms with Gasteiger partial charge in [0.2, 0.25) is 5.88 Å². The summed E-state index contributed by atoms with van der Waals surface area (Å²) in [6, 6.07) is 7.08. The Bertz CT molecular complexity index is 534. The van der Waals surface area contributed by atoms with E-state index in [9.17, 15) is 4.39 Å². The molecule has 0 aliphatic rings. The molecule has 88 valence electrons. The van der Waals surface area contributed by atoms with Crippen LogP contribution in [0.2, 0.25) is 5.02 Å². The normalized spacial score (nSPS) is 10.3. The molecule has 1 aromatic heterocycles. The molecule has 2 rings (SSSR count). The fourth-order valence-corrected chi connectivity index (χ4v) is 1.48. The van der Waals surface area contributed by atoms with E-state index in [1.54, 1.807) is 12.1 Å². The number of rotatable bonds is 3. The average molecular weight is 254 g/mol. The van der Waals surface area contributed by atoms with Gasteiger partial charge in [-0.2, -0.15) is 0 Å². The Kier molecular flexibility index (Phi) is 3.56. The van der Waals surface area contributed by atoms with Crippen LogP contribution in [0.15, 0.2) is 36.5 Å². The third kappa shape index (κ3) is 2.93. The summed E-state index contributed by atoms with van der Waals surface area (Å²) in [6.07, 6.45) is 1.51. The summed E-state index contributed by atoms with van der Waals surface area (Å²) in [5, 5.41) is 9.13. The van der Waals surface area contributed by atoms with E-state index in [1.807, 2.05) is 0 Å². The molecule has 0 radical (unpaired) electrons. The highest BCUT2D eigenvalue weighted by molar-refractivity contribution is 6.32. The predicted octanol–water partition coefficient (Wildman–Crippen LogP) is 3.16. The van der Waals surface area contributed by atoms with Gasteiger partial charge in [0, 0.05) is 12.3 Å². The summed E-state index contributed by atoms with van der Waals surface area (Å²) < 4.78 is 18.2. The molecule has 3 nitrogen and oxygen atoms in total. The van der Waals surface area contributed by atoms with Crippen molar-refractivity contribution in [2.75, 3.05) is 0 Å². The molecule has 1 N–H and O–H groups in total. The van der Waals surface area contributed by atoms with E-state index in [0.717, 1.165) is 6.07 Å². The molecule has 0 aliphatic carbocycles. The summed E-state index contributed by atoms with van der Waals surface area (Å²) in [7, 11) is 0. The van der Waals surface area contributed by atoms with Crippen LogP contribution in [0.3, 0.4) is 0 Å². The van der Waals surface area contributed by atoms with E-state index in [0.29, 0.717) is 17.2 Å². The summed E-state index contributed by atoms with van der Waals surface area (Å²) in [6.45, 7) is -0.101. The first-order chi connectivity index (χ1) is 8.19. The summed E-state index contributed by atoms with van der Waals surface area (Å²) in [5.74, 6) is 0.181. The molecular formula is C12H9ClFNO2. The molecule has 17 heavy (non-hydrogen) atoms. The molecule has 0 atom stereocenters. The van der Waals surface area contributed by atoms with Gasteiger partial charge >= 0.3 is 0 Å². The van der Waals surface area contributed by atoms with Gasteiger partial charge in [-0.25, -0.2) is 9.37 Å². The first-order valence-electron chi connectivity index (χ1n) is 4.88. The molecule has 0 unspecified atom stereocenters. The van der Waals surface area contributed by atoms with Crippen molar-refractivity contribution in [3.05, 3.63) is 52.9 Å². The largest absolute Gasteiger partial charge is 0.437 e. The number of hydrogen-bond donors (Lipinski definition) is 1. The molecule has 0 saturated carbocycles. The van der Waals surface area contributed by atoms with E-state index in [2.05, 4.69) is 4.98 Å². The number of aliphatic hydroxyl groups excluding tert-OH is 1. The minimum Gasteiger partial charge on any atom is -0.437 e. The van der Waals surface area contributed by atoms with Gasteiger partial charge in [-0.3, -0.25) is 0 Å². The molecule has 0 spiro atoms. The summed E-state index contributed by atoms with van der Waals surface area (Å²) >= 11 is 5.81. The molecule has 1 aromatic carbocycles. The lowest BCUT2D eigenvalue weighted by molar-refractivity contribution is 0.281. The predicted molar refractivity (Wildman–Crippen MR) is 61.6 cm³/mol. The molecule has 0 amide bonds. The van der Waals surface area contributed by atoms with Crippen molar-refractivity contribution < 1.29 is 14.2 Å². The van der Waals surface area contributed by atoms with Crippen LogP contribution in [0.25, 0.3) is 0 Å². The summed E-state index contributed by atoms with van der Waals surface area (Å²) in [5.41, 5.74) is 0.674. The Morgan fingerprint density at radius 1 is 1.29 bits per heavy atom. The Labute approximate surface area is 102 Å². The van der Waals surface area contributed by atoms with Crippen molar-refractivity contribution in [2.45, 2.75) is 6.61 Å². The molecular weight excluding hydrogens is 245 g/mol. The van der Waals surface area contributed by atoms with Crippen LogP contribution in [-0.4, -0.2) is 10.1 Å². The van der Waals surface area contributed by atoms with Gasteiger partial charge in [0.25, 0.3) is 0 Å². The highest BCUT2D eigenvalue weighted by Gasteiger charge is 2.05. The Morgan fingerprint density at radius 3 is 2.82 bits per heavy atom. The van der Waals surface area contributed by atoms with Crippen LogP contribution in [0.5, 0.6) is 11.6 Å². The van der Waals surface area contributed by atoms with Crippen LogP contribution >= 0.6 is 11.6 Å². The van der Waals surface area contributed by atoms with Crippen molar-refractivity contribution in [3.8, 4) is 11.6 Å². The second kappa shape index (κ2) is 5.12. The number of benzene rings is 1. The van der Waals surface area contributed by atoms with Crippen molar-refractivity contribution in [1.29, 1.82) is 0 Å². The fourth-order valence-electron chi connectivity index (χ4n) is 1.28. The van der Waals surface area contributed by atoms with Gasteiger partial charge in [0.15, 0.2) is 0 Å². The van der Waals surface area contributed by atoms with E-state index >= 15 is 0 Å². The fraction of sp³-hybridized carbons (Fsp3) is 0.0833. The van der Waals surface area contributed by atoms with Crippen LogP contribution in [0.4, 0.5) is 4.39 Å². The number of halogens is 2. The third-order valence-electron chi connectivity index (χ3n) is 2.09. The maximum absolute atomic E-state index is 12.8. The van der Waals surface area contributed by atoms with Crippen LogP contribution in [0.1, 0.15) is 5.56 Å². The van der Waals surface area contributed by atoms with Gasteiger partial charge in [0.1, 0.15) is 11.6 Å². The van der Waals surface area contributed by atoms with Crippen LogP contribution in [0, 0.1) is 5.82 Å². The minimum absolute atomic E-state index is 0.101. The van der Waals surface area contributed by atoms with Gasteiger partial charge in [-0.1, -0.05) is 11.6 Å². The number of aliphatic hydroxyl groups is 1. The first kappa shape index (κ1) is 11.8. The molecule has 0 saturated heterocycles. The molecule has 1 heterocycles. The van der Waals surface area contributed by atoms with Crippen LogP contribution < -0.4 is 4.74 Å². The van der Waals surface area contributed by atoms with E-state index in [4.69, 9.17) is 21.4 Å². The van der Waals surface area contributed by atoms with Gasteiger partial charge in [-0.15, -0.1) is 0 Å². The highest BCUT2D eigenvalue weighted by Crippen LogP contribution is 2.29.